The minimum Gasteiger partial charge on any atom is -0.371 e. The third kappa shape index (κ3) is 5.97. The molecule has 184 valence electrons. The van der Waals surface area contributed by atoms with E-state index in [0.717, 1.165) is 41.2 Å². The van der Waals surface area contributed by atoms with Gasteiger partial charge in [0.2, 0.25) is 5.91 Å². The molecule has 6 nitrogen and oxygen atoms in total. The van der Waals surface area contributed by atoms with Gasteiger partial charge in [-0.15, -0.1) is 11.8 Å². The summed E-state index contributed by atoms with van der Waals surface area (Å²) in [5, 5.41) is 2.82. The Kier molecular flexibility index (Phi) is 7.97. The minimum absolute atomic E-state index is 0.0417. The molecule has 0 saturated heterocycles. The van der Waals surface area contributed by atoms with Gasteiger partial charge in [-0.2, -0.15) is 0 Å². The molecule has 1 aliphatic rings. The fraction of sp³-hybridized carbons (Fsp3) is 0.269. The van der Waals surface area contributed by atoms with Crippen LogP contribution in [0.2, 0.25) is 0 Å². The smallest absolute Gasteiger partial charge is 0.264 e. The van der Waals surface area contributed by atoms with E-state index < -0.39 is 28.3 Å². The van der Waals surface area contributed by atoms with E-state index in [0.29, 0.717) is 6.54 Å². The topological polar surface area (TPSA) is 69.7 Å². The van der Waals surface area contributed by atoms with Gasteiger partial charge >= 0.3 is 0 Å². The lowest BCUT2D eigenvalue weighted by Gasteiger charge is -2.24. The Hall–Kier alpha value is -3.04. The SMILES string of the molecule is CSc1ccc(S(=O)(=O)N(CC(=O)NCCCN2CCc3ccccc32)c2cccc(F)c2)cc1. The van der Waals surface area contributed by atoms with Crippen LogP contribution in [-0.2, 0) is 21.2 Å². The second-order valence-corrected chi connectivity index (χ2v) is 11.0. The van der Waals surface area contributed by atoms with Gasteiger partial charge < -0.3 is 10.2 Å². The fourth-order valence-electron chi connectivity index (χ4n) is 4.14. The first kappa shape index (κ1) is 25.1. The first-order chi connectivity index (χ1) is 16.9. The third-order valence-corrected chi connectivity index (χ3v) is 8.47. The number of thioether (sulfide) groups is 1. The molecular weight excluding hydrogens is 485 g/mol. The summed E-state index contributed by atoms with van der Waals surface area (Å²) in [4.78, 5) is 16.0. The van der Waals surface area contributed by atoms with Crippen LogP contribution >= 0.6 is 11.8 Å². The molecule has 1 amide bonds. The molecule has 9 heteroatoms. The molecule has 0 spiro atoms. The van der Waals surface area contributed by atoms with E-state index in [-0.39, 0.29) is 10.6 Å². The van der Waals surface area contributed by atoms with E-state index in [4.69, 9.17) is 0 Å². The van der Waals surface area contributed by atoms with Gasteiger partial charge in [-0.1, -0.05) is 24.3 Å². The quantitative estimate of drug-likeness (QED) is 0.323. The number of hydrogen-bond acceptors (Lipinski definition) is 5. The van der Waals surface area contributed by atoms with E-state index in [1.807, 2.05) is 18.4 Å². The Bertz CT molecular complexity index is 1280. The van der Waals surface area contributed by atoms with E-state index in [1.54, 1.807) is 12.1 Å². The van der Waals surface area contributed by atoms with Gasteiger partial charge in [0, 0.05) is 30.2 Å². The van der Waals surface area contributed by atoms with Crippen molar-refractivity contribution >= 4 is 39.1 Å². The predicted molar refractivity (Wildman–Crippen MR) is 139 cm³/mol. The van der Waals surface area contributed by atoms with Gasteiger partial charge in [0.05, 0.1) is 10.6 Å². The number of nitrogens with one attached hydrogen (secondary N) is 1. The zero-order valence-corrected chi connectivity index (χ0v) is 21.1. The van der Waals surface area contributed by atoms with Crippen LogP contribution in [0.15, 0.2) is 82.6 Å². The normalized spacial score (nSPS) is 12.9. The number of benzene rings is 3. The number of anilines is 2. The number of rotatable bonds is 10. The Morgan fingerprint density at radius 3 is 2.60 bits per heavy atom. The summed E-state index contributed by atoms with van der Waals surface area (Å²) in [6.45, 7) is 1.72. The number of carbonyl (C=O) groups is 1. The van der Waals surface area contributed by atoms with E-state index in [9.17, 15) is 17.6 Å². The highest BCUT2D eigenvalue weighted by atomic mass is 32.2. The molecule has 0 atom stereocenters. The molecule has 3 aromatic carbocycles. The van der Waals surface area contributed by atoms with Crippen LogP contribution in [-0.4, -0.2) is 46.8 Å². The number of hydrogen-bond donors (Lipinski definition) is 1. The molecule has 1 heterocycles. The monoisotopic (exact) mass is 513 g/mol. The molecule has 0 aromatic heterocycles. The van der Waals surface area contributed by atoms with Crippen LogP contribution in [0.1, 0.15) is 12.0 Å². The molecule has 3 aromatic rings. The van der Waals surface area contributed by atoms with Crippen molar-refractivity contribution in [3.05, 3.63) is 84.2 Å². The van der Waals surface area contributed by atoms with Gasteiger partial charge in [0.15, 0.2) is 0 Å². The van der Waals surface area contributed by atoms with Crippen LogP contribution in [0.4, 0.5) is 15.8 Å². The largest absolute Gasteiger partial charge is 0.371 e. The lowest BCUT2D eigenvalue weighted by molar-refractivity contribution is -0.119. The standard InChI is InChI=1S/C26H28FN3O3S2/c1-34-23-10-12-24(13-11-23)35(32,33)30(22-8-4-7-21(27)18-22)19-26(31)28-15-5-16-29-17-14-20-6-2-3-9-25(20)29/h2-4,6-13,18H,5,14-17,19H2,1H3,(H,28,31). The summed E-state index contributed by atoms with van der Waals surface area (Å²) in [5.41, 5.74) is 2.66. The molecule has 0 saturated carbocycles. The highest BCUT2D eigenvalue weighted by Crippen LogP contribution is 2.28. The van der Waals surface area contributed by atoms with Gasteiger partial charge in [-0.05, 0) is 73.2 Å². The lowest BCUT2D eigenvalue weighted by Crippen LogP contribution is -2.41. The average Bonchev–Trinajstić information content (AvgIpc) is 3.28. The van der Waals surface area contributed by atoms with Gasteiger partial charge in [0.25, 0.3) is 10.0 Å². The van der Waals surface area contributed by atoms with Crippen molar-refractivity contribution in [2.24, 2.45) is 0 Å². The summed E-state index contributed by atoms with van der Waals surface area (Å²) < 4.78 is 41.7. The molecule has 0 fully saturated rings. The van der Waals surface area contributed by atoms with Gasteiger partial charge in [-0.3, -0.25) is 9.10 Å². The van der Waals surface area contributed by atoms with E-state index in [2.05, 4.69) is 22.3 Å². The Labute approximate surface area is 210 Å². The average molecular weight is 514 g/mol. The second-order valence-electron chi connectivity index (χ2n) is 8.24. The van der Waals surface area contributed by atoms with Crippen LogP contribution in [0.3, 0.4) is 0 Å². The molecule has 1 N–H and O–H groups in total. The molecule has 4 rings (SSSR count). The minimum atomic E-state index is -4.08. The summed E-state index contributed by atoms with van der Waals surface area (Å²) in [6, 6.07) is 20.0. The molecule has 0 unspecified atom stereocenters. The molecule has 0 aliphatic carbocycles. The molecule has 0 bridgehead atoms. The maximum absolute atomic E-state index is 13.9. The maximum atomic E-state index is 13.9. The van der Waals surface area contributed by atoms with Crippen molar-refractivity contribution in [1.82, 2.24) is 5.32 Å². The van der Waals surface area contributed by atoms with Crippen molar-refractivity contribution in [3.8, 4) is 0 Å². The second kappa shape index (κ2) is 11.1. The summed E-state index contributed by atoms with van der Waals surface area (Å²) in [6.07, 6.45) is 3.64. The summed E-state index contributed by atoms with van der Waals surface area (Å²) in [5.74, 6) is -1.02. The van der Waals surface area contributed by atoms with Crippen molar-refractivity contribution in [1.29, 1.82) is 0 Å². The maximum Gasteiger partial charge on any atom is 0.264 e. The highest BCUT2D eigenvalue weighted by molar-refractivity contribution is 7.98. The Balaban J connectivity index is 1.42. The number of para-hydroxylation sites is 1. The summed E-state index contributed by atoms with van der Waals surface area (Å²) >= 11 is 1.50. The first-order valence-electron chi connectivity index (χ1n) is 11.4. The molecule has 0 radical (unpaired) electrons. The third-order valence-electron chi connectivity index (χ3n) is 5.94. The fourth-order valence-corrected chi connectivity index (χ4v) is 5.97. The van der Waals surface area contributed by atoms with Gasteiger partial charge in [-0.25, -0.2) is 12.8 Å². The van der Waals surface area contributed by atoms with Crippen LogP contribution in [0.5, 0.6) is 0 Å². The lowest BCUT2D eigenvalue weighted by atomic mass is 10.2. The van der Waals surface area contributed by atoms with Crippen LogP contribution in [0.25, 0.3) is 0 Å². The zero-order valence-electron chi connectivity index (χ0n) is 19.5. The van der Waals surface area contributed by atoms with E-state index >= 15 is 0 Å². The number of amides is 1. The first-order valence-corrected chi connectivity index (χ1v) is 14.1. The van der Waals surface area contributed by atoms with Crippen molar-refractivity contribution in [2.45, 2.75) is 22.6 Å². The summed E-state index contributed by atoms with van der Waals surface area (Å²) in [7, 11) is -4.08. The number of halogens is 1. The van der Waals surface area contributed by atoms with Crippen LogP contribution < -0.4 is 14.5 Å². The van der Waals surface area contributed by atoms with Gasteiger partial charge in [0.1, 0.15) is 12.4 Å². The Morgan fingerprint density at radius 2 is 1.86 bits per heavy atom. The predicted octanol–water partition coefficient (Wildman–Crippen LogP) is 4.31. The zero-order chi connectivity index (χ0) is 24.8. The highest BCUT2D eigenvalue weighted by Gasteiger charge is 2.27. The van der Waals surface area contributed by atoms with Crippen molar-refractivity contribution in [3.63, 3.8) is 0 Å². The van der Waals surface area contributed by atoms with Crippen molar-refractivity contribution in [2.75, 3.05) is 41.6 Å². The number of sulfonamides is 1. The number of fused-ring (bicyclic) bond motifs is 1. The molecular formula is C26H28FN3O3S2. The Morgan fingerprint density at radius 1 is 1.09 bits per heavy atom. The number of nitrogens with zero attached hydrogens (tertiary/aromatic N) is 2. The van der Waals surface area contributed by atoms with Crippen molar-refractivity contribution < 1.29 is 17.6 Å². The molecule has 35 heavy (non-hydrogen) atoms. The van der Waals surface area contributed by atoms with Crippen LogP contribution in [0, 0.1) is 5.82 Å². The van der Waals surface area contributed by atoms with E-state index in [1.165, 1.54) is 53.3 Å². The molecule has 1 aliphatic heterocycles. The number of carbonyl (C=O) groups excluding carboxylic acids is 1.